The van der Waals surface area contributed by atoms with Crippen LogP contribution >= 0.6 is 11.6 Å². The predicted octanol–water partition coefficient (Wildman–Crippen LogP) is 3.40. The Morgan fingerprint density at radius 1 is 1.33 bits per heavy atom. The maximum atomic E-state index is 9.53. The van der Waals surface area contributed by atoms with E-state index < -0.39 is 0 Å². The lowest BCUT2D eigenvalue weighted by molar-refractivity contribution is 0.157. The third kappa shape index (κ3) is 4.72. The van der Waals surface area contributed by atoms with Crippen molar-refractivity contribution in [3.63, 3.8) is 0 Å². The van der Waals surface area contributed by atoms with Gasteiger partial charge in [-0.05, 0) is 80.1 Å². The molecule has 2 aromatic rings. The number of aromatic nitrogens is 1. The van der Waals surface area contributed by atoms with Gasteiger partial charge in [-0.25, -0.2) is 4.98 Å². The number of pyridine rings is 1. The highest BCUT2D eigenvalue weighted by atomic mass is 35.5. The molecule has 0 spiro atoms. The Bertz CT molecular complexity index is 784. The molecule has 2 heterocycles. The maximum absolute atomic E-state index is 9.53. The summed E-state index contributed by atoms with van der Waals surface area (Å²) in [7, 11) is 3.74. The molecular weight excluding hydrogens is 364 g/mol. The largest absolute Gasteiger partial charge is 0.508 e. The van der Waals surface area contributed by atoms with Gasteiger partial charge in [0.15, 0.2) is 0 Å². The predicted molar refractivity (Wildman–Crippen MR) is 107 cm³/mol. The molecule has 1 fully saturated rings. The SMILES string of the molecule is CN1CCC2CC1Cc1ccc(O)cc12.COc1ncc(CCO)cc1Cl. The van der Waals surface area contributed by atoms with Crippen LogP contribution in [-0.2, 0) is 12.8 Å². The number of fused-ring (bicyclic) bond motifs is 4. The van der Waals surface area contributed by atoms with Gasteiger partial charge in [-0.2, -0.15) is 0 Å². The monoisotopic (exact) mass is 390 g/mol. The molecule has 6 heteroatoms. The summed E-state index contributed by atoms with van der Waals surface area (Å²) in [6, 6.07) is 8.36. The molecule has 1 saturated heterocycles. The first-order valence-electron chi connectivity index (χ1n) is 9.33. The van der Waals surface area contributed by atoms with Gasteiger partial charge in [0, 0.05) is 18.8 Å². The van der Waals surface area contributed by atoms with Crippen molar-refractivity contribution in [2.75, 3.05) is 27.3 Å². The highest BCUT2D eigenvalue weighted by Crippen LogP contribution is 2.40. The Labute approximate surface area is 165 Å². The number of halogens is 1. The van der Waals surface area contributed by atoms with E-state index >= 15 is 0 Å². The molecule has 2 unspecified atom stereocenters. The van der Waals surface area contributed by atoms with Crippen molar-refractivity contribution in [1.29, 1.82) is 0 Å². The fraction of sp³-hybridized carbons (Fsp3) is 0.476. The fourth-order valence-corrected chi connectivity index (χ4v) is 4.24. The van der Waals surface area contributed by atoms with Gasteiger partial charge in [0.05, 0.1) is 7.11 Å². The second kappa shape index (κ2) is 8.91. The van der Waals surface area contributed by atoms with E-state index in [2.05, 4.69) is 23.0 Å². The quantitative estimate of drug-likeness (QED) is 0.840. The molecule has 0 saturated carbocycles. The number of hydrogen-bond donors (Lipinski definition) is 2. The fourth-order valence-electron chi connectivity index (χ4n) is 3.97. The number of likely N-dealkylation sites (tertiary alicyclic amines) is 1. The van der Waals surface area contributed by atoms with E-state index in [1.807, 2.05) is 12.1 Å². The zero-order chi connectivity index (χ0) is 19.4. The molecule has 1 aromatic carbocycles. The number of ether oxygens (including phenoxy) is 1. The van der Waals surface area contributed by atoms with Crippen LogP contribution in [0.15, 0.2) is 30.5 Å². The summed E-state index contributed by atoms with van der Waals surface area (Å²) in [4.78, 5) is 6.43. The summed E-state index contributed by atoms with van der Waals surface area (Å²) in [5.74, 6) is 1.52. The lowest BCUT2D eigenvalue weighted by Gasteiger charge is -2.42. The zero-order valence-electron chi connectivity index (χ0n) is 15.9. The van der Waals surface area contributed by atoms with Gasteiger partial charge in [-0.15, -0.1) is 0 Å². The molecule has 2 aliphatic rings. The first-order valence-corrected chi connectivity index (χ1v) is 9.71. The molecule has 5 nitrogen and oxygen atoms in total. The van der Waals surface area contributed by atoms with Crippen LogP contribution in [-0.4, -0.2) is 53.4 Å². The molecule has 1 aliphatic heterocycles. The third-order valence-electron chi connectivity index (χ3n) is 5.49. The highest BCUT2D eigenvalue weighted by molar-refractivity contribution is 6.31. The minimum atomic E-state index is 0.102. The molecule has 2 N–H and O–H groups in total. The number of phenols is 1. The molecule has 1 aliphatic carbocycles. The Balaban J connectivity index is 0.000000161. The van der Waals surface area contributed by atoms with E-state index in [9.17, 15) is 5.11 Å². The van der Waals surface area contributed by atoms with E-state index in [1.165, 1.54) is 37.6 Å². The molecule has 2 bridgehead atoms. The van der Waals surface area contributed by atoms with Gasteiger partial charge >= 0.3 is 0 Å². The van der Waals surface area contributed by atoms with E-state index in [-0.39, 0.29) is 6.61 Å². The summed E-state index contributed by atoms with van der Waals surface area (Å²) in [6.07, 6.45) is 5.87. The summed E-state index contributed by atoms with van der Waals surface area (Å²) in [5, 5.41) is 18.6. The number of phenolic OH excluding ortho intramolecular Hbond substituents is 1. The standard InChI is InChI=1S/C13H17NO.C8H10ClNO2/c1-14-5-4-10-7-11(14)6-9-2-3-12(15)8-13(9)10;1-12-8-7(9)4-6(2-3-11)5-10-8/h2-3,8,10-11,15H,4-7H2,1H3;4-5,11H,2-3H2,1H3. The van der Waals surface area contributed by atoms with Crippen LogP contribution < -0.4 is 4.74 Å². The lowest BCUT2D eigenvalue weighted by Crippen LogP contribution is -2.43. The highest BCUT2D eigenvalue weighted by Gasteiger charge is 2.33. The van der Waals surface area contributed by atoms with Gasteiger partial charge in [0.2, 0.25) is 5.88 Å². The number of methoxy groups -OCH3 is 1. The molecular formula is C21H27ClN2O3. The van der Waals surface area contributed by atoms with E-state index in [1.54, 1.807) is 12.3 Å². The van der Waals surface area contributed by atoms with Crippen LogP contribution in [0.4, 0.5) is 0 Å². The number of nitrogens with zero attached hydrogens (tertiary/aromatic N) is 2. The number of rotatable bonds is 3. The van der Waals surface area contributed by atoms with Crippen molar-refractivity contribution >= 4 is 11.6 Å². The second-order valence-corrected chi connectivity index (χ2v) is 7.66. The Morgan fingerprint density at radius 3 is 2.85 bits per heavy atom. The number of benzene rings is 1. The Hall–Kier alpha value is -1.82. The van der Waals surface area contributed by atoms with Crippen LogP contribution in [0.3, 0.4) is 0 Å². The number of hydrogen-bond acceptors (Lipinski definition) is 5. The molecule has 1 aromatic heterocycles. The van der Waals surface area contributed by atoms with Crippen LogP contribution in [0.2, 0.25) is 5.02 Å². The van der Waals surface area contributed by atoms with E-state index in [0.717, 1.165) is 18.0 Å². The summed E-state index contributed by atoms with van der Waals surface area (Å²) < 4.78 is 4.87. The van der Waals surface area contributed by atoms with Gasteiger partial charge in [0.1, 0.15) is 10.8 Å². The number of aromatic hydroxyl groups is 1. The summed E-state index contributed by atoms with van der Waals surface area (Å²) in [6.45, 7) is 1.30. The molecule has 4 rings (SSSR count). The molecule has 2 atom stereocenters. The Kier molecular flexibility index (Phi) is 6.58. The van der Waals surface area contributed by atoms with Gasteiger partial charge in [-0.3, -0.25) is 0 Å². The van der Waals surface area contributed by atoms with Gasteiger partial charge in [0.25, 0.3) is 0 Å². The molecule has 146 valence electrons. The van der Waals surface area contributed by atoms with Gasteiger partial charge in [-0.1, -0.05) is 17.7 Å². The average Bonchev–Trinajstić information content (AvgIpc) is 2.66. The average molecular weight is 391 g/mol. The van der Waals surface area contributed by atoms with Crippen molar-refractivity contribution in [2.24, 2.45) is 0 Å². The second-order valence-electron chi connectivity index (χ2n) is 7.25. The zero-order valence-corrected chi connectivity index (χ0v) is 16.6. The Morgan fingerprint density at radius 2 is 2.15 bits per heavy atom. The summed E-state index contributed by atoms with van der Waals surface area (Å²) >= 11 is 5.80. The van der Waals surface area contributed by atoms with Crippen LogP contribution in [0.5, 0.6) is 11.6 Å². The first kappa shape index (κ1) is 19.9. The van der Waals surface area contributed by atoms with Crippen molar-refractivity contribution in [2.45, 2.75) is 37.6 Å². The van der Waals surface area contributed by atoms with Gasteiger partial charge < -0.3 is 19.8 Å². The minimum Gasteiger partial charge on any atom is -0.508 e. The number of likely N-dealkylation sites (N-methyl/N-ethyl adjacent to an activating group) is 1. The van der Waals surface area contributed by atoms with E-state index in [0.29, 0.717) is 29.0 Å². The third-order valence-corrected chi connectivity index (χ3v) is 5.76. The van der Waals surface area contributed by atoms with Crippen LogP contribution in [0.1, 0.15) is 35.4 Å². The summed E-state index contributed by atoms with van der Waals surface area (Å²) in [5.41, 5.74) is 3.75. The van der Waals surface area contributed by atoms with Crippen LogP contribution in [0.25, 0.3) is 0 Å². The molecule has 27 heavy (non-hydrogen) atoms. The smallest absolute Gasteiger partial charge is 0.232 e. The topological polar surface area (TPSA) is 65.8 Å². The first-order chi connectivity index (χ1) is 13.0. The van der Waals surface area contributed by atoms with Crippen molar-refractivity contribution < 1.29 is 14.9 Å². The van der Waals surface area contributed by atoms with E-state index in [4.69, 9.17) is 21.4 Å². The molecule has 0 amide bonds. The van der Waals surface area contributed by atoms with Crippen LogP contribution in [0, 0.1) is 0 Å². The van der Waals surface area contributed by atoms with Crippen molar-refractivity contribution in [1.82, 2.24) is 9.88 Å². The lowest BCUT2D eigenvalue weighted by atomic mass is 9.75. The number of aliphatic hydroxyl groups excluding tert-OH is 1. The van der Waals surface area contributed by atoms with Crippen molar-refractivity contribution in [3.8, 4) is 11.6 Å². The number of piperidine rings is 1. The van der Waals surface area contributed by atoms with Crippen molar-refractivity contribution in [3.05, 3.63) is 52.2 Å². The maximum Gasteiger partial charge on any atom is 0.232 e. The normalized spacial score (nSPS) is 21.0. The molecule has 0 radical (unpaired) electrons. The number of aliphatic hydroxyl groups is 1. The minimum absolute atomic E-state index is 0.102.